The molecule has 0 radical (unpaired) electrons. The number of Topliss-reactive ketones (excluding diaryl/α,β-unsaturated/α-hetero) is 1. The minimum atomic E-state index is -0.432. The predicted octanol–water partition coefficient (Wildman–Crippen LogP) is 2.67. The average molecular weight is 561 g/mol. The standard InChI is InChI=1S/C32H44N6O3/c1-4-10-26-29-30(36(3)35-26)32(40)34-31(33-29)25-21-24(14-15-28(25)41-5-2)27(39)22-38-19-17-37(18-20-38)16-9-13-23-11-7-6-8-12-23/h6-9,11-15,21,26,29-31,33,35H,4-5,10,16-20,22H2,1-3H3,(H,34,40)/b13-9+. The maximum absolute atomic E-state index is 13.4. The summed E-state index contributed by atoms with van der Waals surface area (Å²) in [5.41, 5.74) is 6.09. The van der Waals surface area contributed by atoms with Crippen molar-refractivity contribution in [3.05, 3.63) is 71.3 Å². The van der Waals surface area contributed by atoms with E-state index in [2.05, 4.69) is 69.2 Å². The molecule has 1 amide bonds. The molecule has 9 heteroatoms. The first-order valence-electron chi connectivity index (χ1n) is 15.0. The van der Waals surface area contributed by atoms with Gasteiger partial charge < -0.3 is 10.1 Å². The van der Waals surface area contributed by atoms with Crippen LogP contribution >= 0.6 is 0 Å². The van der Waals surface area contributed by atoms with Crippen molar-refractivity contribution in [3.8, 4) is 5.75 Å². The van der Waals surface area contributed by atoms with Gasteiger partial charge >= 0.3 is 0 Å². The molecule has 4 atom stereocenters. The monoisotopic (exact) mass is 560 g/mol. The third kappa shape index (κ3) is 7.05. The fraction of sp³-hybridized carbons (Fsp3) is 0.500. The van der Waals surface area contributed by atoms with Crippen LogP contribution in [0.4, 0.5) is 0 Å². The summed E-state index contributed by atoms with van der Waals surface area (Å²) in [5.74, 6) is 0.740. The molecule has 41 heavy (non-hydrogen) atoms. The number of carbonyl (C=O) groups is 2. The second-order valence-corrected chi connectivity index (χ2v) is 11.2. The summed E-state index contributed by atoms with van der Waals surface area (Å²) in [6.45, 7) is 9.47. The van der Waals surface area contributed by atoms with Crippen LogP contribution in [0.5, 0.6) is 5.75 Å². The molecule has 4 unspecified atom stereocenters. The summed E-state index contributed by atoms with van der Waals surface area (Å²) in [6.07, 6.45) is 5.93. The van der Waals surface area contributed by atoms with Crippen molar-refractivity contribution in [2.45, 2.75) is 51.0 Å². The Bertz CT molecular complexity index is 1210. The lowest BCUT2D eigenvalue weighted by molar-refractivity contribution is -0.129. The molecule has 3 aliphatic heterocycles. The van der Waals surface area contributed by atoms with Gasteiger partial charge in [-0.05, 0) is 37.1 Å². The molecule has 220 valence electrons. The highest BCUT2D eigenvalue weighted by Gasteiger charge is 2.48. The van der Waals surface area contributed by atoms with E-state index in [0.717, 1.165) is 51.1 Å². The molecule has 3 heterocycles. The van der Waals surface area contributed by atoms with Gasteiger partial charge in [-0.1, -0.05) is 55.8 Å². The molecule has 2 aromatic carbocycles. The highest BCUT2D eigenvalue weighted by molar-refractivity contribution is 5.98. The molecule has 0 bridgehead atoms. The number of nitrogens with one attached hydrogen (secondary N) is 3. The molecule has 3 N–H and O–H groups in total. The van der Waals surface area contributed by atoms with Gasteiger partial charge in [-0.15, -0.1) is 0 Å². The molecule has 2 aromatic rings. The van der Waals surface area contributed by atoms with E-state index < -0.39 is 6.17 Å². The van der Waals surface area contributed by atoms with E-state index >= 15 is 0 Å². The molecule has 0 aromatic heterocycles. The van der Waals surface area contributed by atoms with Crippen molar-refractivity contribution in [2.75, 3.05) is 52.9 Å². The number of ketones is 1. The zero-order chi connectivity index (χ0) is 28.8. The lowest BCUT2D eigenvalue weighted by atomic mass is 9.94. The van der Waals surface area contributed by atoms with Crippen LogP contribution in [0.25, 0.3) is 6.08 Å². The number of amides is 1. The highest BCUT2D eigenvalue weighted by atomic mass is 16.5. The normalized spacial score (nSPS) is 25.8. The zero-order valence-corrected chi connectivity index (χ0v) is 24.5. The third-order valence-corrected chi connectivity index (χ3v) is 8.32. The van der Waals surface area contributed by atoms with Gasteiger partial charge in [0, 0.05) is 56.9 Å². The molecular weight excluding hydrogens is 516 g/mol. The number of ether oxygens (including phenoxy) is 1. The summed E-state index contributed by atoms with van der Waals surface area (Å²) >= 11 is 0. The SMILES string of the molecule is CCCC1NN(C)C2C(=O)NC(c3cc(C(=O)CN4CCN(C/C=C/c5ccccc5)CC4)ccc3OCC)NC12. The number of piperazine rings is 1. The van der Waals surface area contributed by atoms with Gasteiger partial charge in [0.2, 0.25) is 5.91 Å². The lowest BCUT2D eigenvalue weighted by Crippen LogP contribution is -2.62. The third-order valence-electron chi connectivity index (χ3n) is 8.32. The topological polar surface area (TPSA) is 89.2 Å². The van der Waals surface area contributed by atoms with E-state index in [1.54, 1.807) is 0 Å². The Labute approximate surface area is 243 Å². The van der Waals surface area contributed by atoms with Crippen molar-refractivity contribution >= 4 is 17.8 Å². The number of likely N-dealkylation sites (N-methyl/N-ethyl adjacent to an activating group) is 1. The van der Waals surface area contributed by atoms with E-state index in [1.165, 1.54) is 5.56 Å². The van der Waals surface area contributed by atoms with Crippen LogP contribution in [-0.4, -0.2) is 97.5 Å². The Morgan fingerprint density at radius 3 is 2.54 bits per heavy atom. The van der Waals surface area contributed by atoms with Crippen molar-refractivity contribution in [2.24, 2.45) is 0 Å². The number of rotatable bonds is 11. The fourth-order valence-electron chi connectivity index (χ4n) is 6.17. The quantitative estimate of drug-likeness (QED) is 0.362. The predicted molar refractivity (Wildman–Crippen MR) is 161 cm³/mol. The van der Waals surface area contributed by atoms with Crippen LogP contribution in [0.15, 0.2) is 54.6 Å². The Hall–Kier alpha value is -3.08. The summed E-state index contributed by atoms with van der Waals surface area (Å²) < 4.78 is 5.94. The van der Waals surface area contributed by atoms with Crippen LogP contribution in [0, 0.1) is 0 Å². The van der Waals surface area contributed by atoms with Gasteiger partial charge in [0.15, 0.2) is 5.78 Å². The minimum absolute atomic E-state index is 0.0250. The van der Waals surface area contributed by atoms with Crippen molar-refractivity contribution in [3.63, 3.8) is 0 Å². The molecule has 0 spiro atoms. The molecule has 3 fully saturated rings. The first-order chi connectivity index (χ1) is 20.0. The fourth-order valence-corrected chi connectivity index (χ4v) is 6.17. The first-order valence-corrected chi connectivity index (χ1v) is 15.0. The molecule has 9 nitrogen and oxygen atoms in total. The van der Waals surface area contributed by atoms with Crippen LogP contribution in [0.2, 0.25) is 0 Å². The number of fused-ring (bicyclic) bond motifs is 1. The van der Waals surface area contributed by atoms with Gasteiger partial charge in [-0.2, -0.15) is 0 Å². The smallest absolute Gasteiger partial charge is 0.241 e. The van der Waals surface area contributed by atoms with Gasteiger partial charge in [0.25, 0.3) is 0 Å². The van der Waals surface area contributed by atoms with E-state index in [4.69, 9.17) is 4.74 Å². The van der Waals surface area contributed by atoms with E-state index in [9.17, 15) is 9.59 Å². The number of nitrogens with zero attached hydrogens (tertiary/aromatic N) is 3. The van der Waals surface area contributed by atoms with Gasteiger partial charge in [0.05, 0.1) is 19.2 Å². The van der Waals surface area contributed by atoms with E-state index in [0.29, 0.717) is 24.5 Å². The zero-order valence-electron chi connectivity index (χ0n) is 24.5. The summed E-state index contributed by atoms with van der Waals surface area (Å²) in [5, 5.41) is 8.70. The molecular formula is C32H44N6O3. The maximum atomic E-state index is 13.4. The summed E-state index contributed by atoms with van der Waals surface area (Å²) in [6, 6.07) is 15.8. The Balaban J connectivity index is 1.21. The summed E-state index contributed by atoms with van der Waals surface area (Å²) in [7, 11) is 1.92. The number of carbonyl (C=O) groups excluding carboxylic acids is 2. The molecule has 0 aliphatic carbocycles. The molecule has 5 rings (SSSR count). The van der Waals surface area contributed by atoms with Crippen LogP contribution in [0.3, 0.4) is 0 Å². The van der Waals surface area contributed by atoms with Gasteiger partial charge in [-0.3, -0.25) is 24.7 Å². The second kappa shape index (κ2) is 13.7. The van der Waals surface area contributed by atoms with Crippen LogP contribution in [-0.2, 0) is 4.79 Å². The number of hydrogen-bond donors (Lipinski definition) is 3. The second-order valence-electron chi connectivity index (χ2n) is 11.2. The van der Waals surface area contributed by atoms with Crippen LogP contribution < -0.4 is 20.8 Å². The first kappa shape index (κ1) is 29.4. The van der Waals surface area contributed by atoms with Gasteiger partial charge in [0.1, 0.15) is 18.0 Å². The summed E-state index contributed by atoms with van der Waals surface area (Å²) in [4.78, 5) is 31.3. The average Bonchev–Trinajstić information content (AvgIpc) is 3.30. The molecule has 3 saturated heterocycles. The van der Waals surface area contributed by atoms with Gasteiger partial charge in [-0.25, -0.2) is 10.4 Å². The number of hydrogen-bond acceptors (Lipinski definition) is 8. The van der Waals surface area contributed by atoms with Crippen LogP contribution in [0.1, 0.15) is 54.3 Å². The molecule has 0 saturated carbocycles. The van der Waals surface area contributed by atoms with E-state index in [1.807, 2.05) is 43.2 Å². The molecule has 3 aliphatic rings. The maximum Gasteiger partial charge on any atom is 0.241 e. The number of hydrazine groups is 1. The van der Waals surface area contributed by atoms with E-state index in [-0.39, 0.29) is 29.8 Å². The Morgan fingerprint density at radius 2 is 1.80 bits per heavy atom. The Morgan fingerprint density at radius 1 is 1.05 bits per heavy atom. The highest BCUT2D eigenvalue weighted by Crippen LogP contribution is 2.31. The van der Waals surface area contributed by atoms with Crippen molar-refractivity contribution in [1.29, 1.82) is 0 Å². The largest absolute Gasteiger partial charge is 0.493 e. The van der Waals surface area contributed by atoms with Crippen molar-refractivity contribution in [1.82, 2.24) is 30.9 Å². The minimum Gasteiger partial charge on any atom is -0.493 e. The van der Waals surface area contributed by atoms with Crippen molar-refractivity contribution < 1.29 is 14.3 Å². The number of benzene rings is 2. The lowest BCUT2D eigenvalue weighted by Gasteiger charge is -2.37. The Kier molecular flexibility index (Phi) is 9.84.